The van der Waals surface area contributed by atoms with Crippen molar-refractivity contribution in [3.63, 3.8) is 0 Å². The van der Waals surface area contributed by atoms with Crippen LogP contribution in [0, 0.1) is 5.92 Å². The summed E-state index contributed by atoms with van der Waals surface area (Å²) < 4.78 is 0. The number of rotatable bonds is 0. The van der Waals surface area contributed by atoms with Gasteiger partial charge in [0.05, 0.1) is 0 Å². The third-order valence-electron chi connectivity index (χ3n) is 3.99. The molecule has 80 valence electrons. The molecule has 2 fully saturated rings. The van der Waals surface area contributed by atoms with Crippen LogP contribution >= 0.6 is 0 Å². The molecule has 1 nitrogen and oxygen atoms in total. The van der Waals surface area contributed by atoms with E-state index in [9.17, 15) is 0 Å². The molecular formula is C13H23N. The molecule has 0 bridgehead atoms. The molecule has 2 saturated heterocycles. The van der Waals surface area contributed by atoms with Gasteiger partial charge in [-0.3, -0.25) is 0 Å². The van der Waals surface area contributed by atoms with Gasteiger partial charge in [0.15, 0.2) is 0 Å². The fourth-order valence-electron chi connectivity index (χ4n) is 3.24. The van der Waals surface area contributed by atoms with Crippen molar-refractivity contribution in [3.05, 3.63) is 12.3 Å². The zero-order chi connectivity index (χ0) is 10.1. The first-order valence-corrected chi connectivity index (χ1v) is 6.14. The highest BCUT2D eigenvalue weighted by molar-refractivity contribution is 5.04. The lowest BCUT2D eigenvalue weighted by molar-refractivity contribution is 0.205. The zero-order valence-corrected chi connectivity index (χ0v) is 9.63. The summed E-state index contributed by atoms with van der Waals surface area (Å²) in [6.07, 6.45) is 8.13. The lowest BCUT2D eigenvalue weighted by Gasteiger charge is -2.36. The smallest absolute Gasteiger partial charge is 0.0293 e. The Labute approximate surface area is 88.2 Å². The van der Waals surface area contributed by atoms with Gasteiger partial charge in [0, 0.05) is 17.8 Å². The zero-order valence-electron chi connectivity index (χ0n) is 9.63. The Morgan fingerprint density at radius 3 is 2.79 bits per heavy atom. The third-order valence-corrected chi connectivity index (χ3v) is 3.99. The molecule has 1 heteroatoms. The van der Waals surface area contributed by atoms with Crippen LogP contribution in [0.25, 0.3) is 0 Å². The maximum Gasteiger partial charge on any atom is 0.0293 e. The van der Waals surface area contributed by atoms with Crippen molar-refractivity contribution in [1.82, 2.24) is 4.90 Å². The van der Waals surface area contributed by atoms with E-state index in [0.717, 1.165) is 18.0 Å². The quantitative estimate of drug-likeness (QED) is 0.568. The van der Waals surface area contributed by atoms with Crippen molar-refractivity contribution >= 4 is 0 Å². The van der Waals surface area contributed by atoms with Gasteiger partial charge in [-0.2, -0.15) is 0 Å². The first-order valence-electron chi connectivity index (χ1n) is 6.14. The monoisotopic (exact) mass is 193 g/mol. The predicted octanol–water partition coefficient (Wildman–Crippen LogP) is 3.56. The van der Waals surface area contributed by atoms with E-state index in [4.69, 9.17) is 0 Å². The van der Waals surface area contributed by atoms with Crippen LogP contribution in [0.4, 0.5) is 0 Å². The second-order valence-corrected chi connectivity index (χ2v) is 5.29. The molecule has 0 aliphatic carbocycles. The highest BCUT2D eigenvalue weighted by Gasteiger charge is 2.32. The lowest BCUT2D eigenvalue weighted by Crippen LogP contribution is -2.35. The standard InChI is InChI=1S/C13H23N/c1-10-5-4-6-11(2)14-12(3)7-8-13(14)9-10/h10,12-13H,2,4-9H2,1,3H3/t10?,12-,13-/m1/s1. The number of fused-ring (bicyclic) bond motifs is 1. The minimum atomic E-state index is 0.748. The van der Waals surface area contributed by atoms with Crippen LogP contribution < -0.4 is 0 Å². The second-order valence-electron chi connectivity index (χ2n) is 5.29. The van der Waals surface area contributed by atoms with Crippen molar-refractivity contribution in [3.8, 4) is 0 Å². The van der Waals surface area contributed by atoms with Crippen molar-refractivity contribution < 1.29 is 0 Å². The Balaban J connectivity index is 2.11. The third kappa shape index (κ3) is 1.82. The first-order chi connectivity index (χ1) is 6.68. The molecule has 14 heavy (non-hydrogen) atoms. The Morgan fingerprint density at radius 1 is 1.21 bits per heavy atom. The molecule has 0 spiro atoms. The van der Waals surface area contributed by atoms with E-state index in [-0.39, 0.29) is 0 Å². The van der Waals surface area contributed by atoms with Gasteiger partial charge in [0.25, 0.3) is 0 Å². The summed E-state index contributed by atoms with van der Waals surface area (Å²) in [5.74, 6) is 0.917. The summed E-state index contributed by atoms with van der Waals surface area (Å²) in [5, 5.41) is 0. The fraction of sp³-hybridized carbons (Fsp3) is 0.846. The second kappa shape index (κ2) is 3.96. The van der Waals surface area contributed by atoms with E-state index in [1.807, 2.05) is 0 Å². The summed E-state index contributed by atoms with van der Waals surface area (Å²) in [6, 6.07) is 1.56. The van der Waals surface area contributed by atoms with Gasteiger partial charge in [0.1, 0.15) is 0 Å². The van der Waals surface area contributed by atoms with Gasteiger partial charge in [-0.15, -0.1) is 0 Å². The average molecular weight is 193 g/mol. The number of allylic oxidation sites excluding steroid dienone is 1. The molecule has 0 amide bonds. The molecule has 0 N–H and O–H groups in total. The van der Waals surface area contributed by atoms with Gasteiger partial charge in [-0.05, 0) is 44.9 Å². The van der Waals surface area contributed by atoms with Gasteiger partial charge in [-0.25, -0.2) is 0 Å². The predicted molar refractivity (Wildman–Crippen MR) is 61.1 cm³/mol. The Kier molecular flexibility index (Phi) is 2.85. The molecule has 2 heterocycles. The molecule has 1 unspecified atom stereocenters. The molecule has 2 aliphatic rings. The van der Waals surface area contributed by atoms with Crippen LogP contribution in [0.3, 0.4) is 0 Å². The molecule has 3 atom stereocenters. The van der Waals surface area contributed by atoms with Gasteiger partial charge < -0.3 is 4.90 Å². The molecule has 2 aliphatic heterocycles. The topological polar surface area (TPSA) is 3.24 Å². The van der Waals surface area contributed by atoms with Gasteiger partial charge in [-0.1, -0.05) is 19.9 Å². The summed E-state index contributed by atoms with van der Waals surface area (Å²) in [6.45, 7) is 9.03. The largest absolute Gasteiger partial charge is 0.370 e. The van der Waals surface area contributed by atoms with E-state index in [2.05, 4.69) is 25.3 Å². The van der Waals surface area contributed by atoms with Crippen LogP contribution in [-0.4, -0.2) is 17.0 Å². The maximum absolute atomic E-state index is 4.26. The maximum atomic E-state index is 4.26. The molecular weight excluding hydrogens is 170 g/mol. The van der Waals surface area contributed by atoms with Gasteiger partial charge in [0.2, 0.25) is 0 Å². The van der Waals surface area contributed by atoms with Crippen molar-refractivity contribution in [1.29, 1.82) is 0 Å². The van der Waals surface area contributed by atoms with E-state index >= 15 is 0 Å². The van der Waals surface area contributed by atoms with Crippen molar-refractivity contribution in [2.45, 2.75) is 64.5 Å². The highest BCUT2D eigenvalue weighted by atomic mass is 15.2. The Morgan fingerprint density at radius 2 is 2.00 bits per heavy atom. The summed E-state index contributed by atoms with van der Waals surface area (Å²) in [4.78, 5) is 2.62. The van der Waals surface area contributed by atoms with Crippen molar-refractivity contribution in [2.75, 3.05) is 0 Å². The van der Waals surface area contributed by atoms with E-state index in [0.29, 0.717) is 0 Å². The van der Waals surface area contributed by atoms with Crippen LogP contribution in [-0.2, 0) is 0 Å². The number of hydrogen-bond donors (Lipinski definition) is 0. The normalized spacial score (nSPS) is 39.1. The minimum Gasteiger partial charge on any atom is -0.370 e. The summed E-state index contributed by atoms with van der Waals surface area (Å²) in [5.41, 5.74) is 1.41. The summed E-state index contributed by atoms with van der Waals surface area (Å²) in [7, 11) is 0. The number of hydrogen-bond acceptors (Lipinski definition) is 1. The lowest BCUT2D eigenvalue weighted by atomic mass is 9.92. The molecule has 0 radical (unpaired) electrons. The van der Waals surface area contributed by atoms with Gasteiger partial charge >= 0.3 is 0 Å². The fourth-order valence-corrected chi connectivity index (χ4v) is 3.24. The van der Waals surface area contributed by atoms with Crippen LogP contribution in [0.15, 0.2) is 12.3 Å². The molecule has 0 aromatic rings. The Bertz CT molecular complexity index is 221. The molecule has 0 saturated carbocycles. The number of nitrogens with zero attached hydrogens (tertiary/aromatic N) is 1. The molecule has 2 rings (SSSR count). The SMILES string of the molecule is C=C1CCCC(C)C[C@H]2CC[C@@H](C)N12. The van der Waals surface area contributed by atoms with Crippen LogP contribution in [0.1, 0.15) is 52.4 Å². The van der Waals surface area contributed by atoms with Crippen molar-refractivity contribution in [2.24, 2.45) is 5.92 Å². The van der Waals surface area contributed by atoms with Crippen LogP contribution in [0.2, 0.25) is 0 Å². The molecule has 0 aromatic heterocycles. The van der Waals surface area contributed by atoms with Crippen LogP contribution in [0.5, 0.6) is 0 Å². The first kappa shape index (κ1) is 10.1. The van der Waals surface area contributed by atoms with E-state index in [1.165, 1.54) is 44.2 Å². The summed E-state index contributed by atoms with van der Waals surface area (Å²) >= 11 is 0. The Hall–Kier alpha value is -0.460. The highest BCUT2D eigenvalue weighted by Crippen LogP contribution is 2.36. The van der Waals surface area contributed by atoms with E-state index < -0.39 is 0 Å². The molecule has 0 aromatic carbocycles. The van der Waals surface area contributed by atoms with E-state index in [1.54, 1.807) is 0 Å². The minimum absolute atomic E-state index is 0.748. The average Bonchev–Trinajstić information content (AvgIpc) is 2.44.